The lowest BCUT2D eigenvalue weighted by Crippen LogP contribution is -2.06. The number of methoxy groups -OCH3 is 4. The molecule has 4 aromatic rings. The number of hydrogen-bond acceptors (Lipinski definition) is 5. The third kappa shape index (κ3) is 2.52. The number of aromatic amines is 1. The lowest BCUT2D eigenvalue weighted by Gasteiger charge is -2.13. The molecule has 0 saturated heterocycles. The first kappa shape index (κ1) is 17.0. The second kappa shape index (κ2) is 6.39. The molecule has 6 nitrogen and oxygen atoms in total. The first-order valence-electron chi connectivity index (χ1n) is 8.37. The summed E-state index contributed by atoms with van der Waals surface area (Å²) in [5.41, 5.74) is 1.58. The molecule has 6 heteroatoms. The van der Waals surface area contributed by atoms with Gasteiger partial charge in [-0.15, -0.1) is 0 Å². The molecule has 0 saturated carbocycles. The highest BCUT2D eigenvalue weighted by Crippen LogP contribution is 2.38. The molecule has 1 aromatic heterocycles. The Hall–Kier alpha value is -3.41. The van der Waals surface area contributed by atoms with Crippen molar-refractivity contribution >= 4 is 32.6 Å². The summed E-state index contributed by atoms with van der Waals surface area (Å²) >= 11 is 0. The molecule has 0 fully saturated rings. The van der Waals surface area contributed by atoms with Gasteiger partial charge in [-0.3, -0.25) is 4.79 Å². The highest BCUT2D eigenvalue weighted by Gasteiger charge is 2.16. The molecule has 0 aliphatic heterocycles. The van der Waals surface area contributed by atoms with E-state index >= 15 is 0 Å². The second-order valence-corrected chi connectivity index (χ2v) is 6.13. The molecule has 0 bridgehead atoms. The van der Waals surface area contributed by atoms with Gasteiger partial charge in [0.25, 0.3) is 0 Å². The van der Waals surface area contributed by atoms with E-state index in [9.17, 15) is 4.79 Å². The number of aromatic nitrogens is 1. The summed E-state index contributed by atoms with van der Waals surface area (Å²) in [6.07, 6.45) is 0. The second-order valence-electron chi connectivity index (χ2n) is 6.13. The van der Waals surface area contributed by atoms with Gasteiger partial charge in [-0.25, -0.2) is 0 Å². The quantitative estimate of drug-likeness (QED) is 0.439. The first-order chi connectivity index (χ1) is 13.1. The number of ether oxygens (including phenoxy) is 4. The topological polar surface area (TPSA) is 69.8 Å². The number of pyridine rings is 1. The molecule has 0 amide bonds. The zero-order valence-corrected chi connectivity index (χ0v) is 15.5. The predicted molar refractivity (Wildman–Crippen MR) is 106 cm³/mol. The van der Waals surface area contributed by atoms with Crippen LogP contribution in [-0.2, 0) is 0 Å². The number of H-pyrrole nitrogens is 1. The van der Waals surface area contributed by atoms with E-state index < -0.39 is 0 Å². The normalized spacial score (nSPS) is 11.1. The van der Waals surface area contributed by atoms with Gasteiger partial charge in [0.05, 0.1) is 28.4 Å². The highest BCUT2D eigenvalue weighted by atomic mass is 16.5. The molecular formula is C21H19NO5. The number of rotatable bonds is 4. The van der Waals surface area contributed by atoms with Crippen molar-refractivity contribution in [3.8, 4) is 23.0 Å². The molecule has 27 heavy (non-hydrogen) atoms. The Morgan fingerprint density at radius 1 is 0.667 bits per heavy atom. The van der Waals surface area contributed by atoms with Crippen LogP contribution in [0, 0.1) is 0 Å². The molecular weight excluding hydrogens is 346 g/mol. The molecule has 0 aliphatic carbocycles. The molecule has 0 unspecified atom stereocenters. The average molecular weight is 365 g/mol. The molecule has 0 radical (unpaired) electrons. The van der Waals surface area contributed by atoms with Crippen molar-refractivity contribution in [1.82, 2.24) is 4.98 Å². The van der Waals surface area contributed by atoms with Gasteiger partial charge in [-0.2, -0.15) is 0 Å². The van der Waals surface area contributed by atoms with E-state index in [-0.39, 0.29) is 11.2 Å². The Labute approximate surface area is 155 Å². The highest BCUT2D eigenvalue weighted by molar-refractivity contribution is 6.12. The summed E-state index contributed by atoms with van der Waals surface area (Å²) < 4.78 is 21.5. The van der Waals surface area contributed by atoms with Crippen molar-refractivity contribution in [3.63, 3.8) is 0 Å². The average Bonchev–Trinajstić information content (AvgIpc) is 2.70. The van der Waals surface area contributed by atoms with E-state index in [4.69, 9.17) is 18.9 Å². The van der Waals surface area contributed by atoms with Crippen LogP contribution in [-0.4, -0.2) is 33.4 Å². The van der Waals surface area contributed by atoms with Gasteiger partial charge < -0.3 is 23.9 Å². The minimum Gasteiger partial charge on any atom is -0.493 e. The van der Waals surface area contributed by atoms with Gasteiger partial charge in [-0.05, 0) is 35.7 Å². The fraction of sp³-hybridized carbons (Fsp3) is 0.190. The largest absolute Gasteiger partial charge is 0.493 e. The monoisotopic (exact) mass is 365 g/mol. The molecule has 0 aliphatic rings. The number of hydrogen-bond donors (Lipinski definition) is 1. The maximum Gasteiger partial charge on any atom is 0.224 e. The summed E-state index contributed by atoms with van der Waals surface area (Å²) in [4.78, 5) is 15.9. The third-order valence-electron chi connectivity index (χ3n) is 4.77. The van der Waals surface area contributed by atoms with Crippen molar-refractivity contribution in [1.29, 1.82) is 0 Å². The van der Waals surface area contributed by atoms with Crippen LogP contribution in [0.15, 0.2) is 41.2 Å². The Balaban J connectivity index is 2.13. The van der Waals surface area contributed by atoms with Crippen LogP contribution in [0.4, 0.5) is 0 Å². The molecule has 4 rings (SSSR count). The van der Waals surface area contributed by atoms with E-state index in [2.05, 4.69) is 4.98 Å². The Kier molecular flexibility index (Phi) is 4.03. The van der Waals surface area contributed by atoms with E-state index in [1.807, 2.05) is 30.3 Å². The summed E-state index contributed by atoms with van der Waals surface area (Å²) in [7, 11) is 6.20. The minimum atomic E-state index is -0.221. The zero-order valence-electron chi connectivity index (χ0n) is 15.5. The van der Waals surface area contributed by atoms with Crippen LogP contribution in [0.3, 0.4) is 0 Å². The molecule has 0 atom stereocenters. The van der Waals surface area contributed by atoms with Crippen LogP contribution in [0.5, 0.6) is 23.0 Å². The van der Waals surface area contributed by atoms with Crippen LogP contribution in [0.1, 0.15) is 0 Å². The van der Waals surface area contributed by atoms with E-state index in [1.54, 1.807) is 20.3 Å². The van der Waals surface area contributed by atoms with Gasteiger partial charge in [0.15, 0.2) is 17.2 Å². The fourth-order valence-corrected chi connectivity index (χ4v) is 3.50. The van der Waals surface area contributed by atoms with Crippen molar-refractivity contribution < 1.29 is 18.9 Å². The Bertz CT molecular complexity index is 1240. The van der Waals surface area contributed by atoms with Crippen molar-refractivity contribution in [2.75, 3.05) is 28.4 Å². The maximum absolute atomic E-state index is 12.5. The molecule has 3 aromatic carbocycles. The van der Waals surface area contributed by atoms with Crippen LogP contribution in [0.25, 0.3) is 32.6 Å². The van der Waals surface area contributed by atoms with Gasteiger partial charge in [0, 0.05) is 33.3 Å². The molecule has 0 spiro atoms. The van der Waals surface area contributed by atoms with Crippen LogP contribution < -0.4 is 24.4 Å². The van der Waals surface area contributed by atoms with Gasteiger partial charge in [0.2, 0.25) is 11.2 Å². The number of fused-ring (bicyclic) bond motifs is 4. The summed E-state index contributed by atoms with van der Waals surface area (Å²) in [5.74, 6) is 1.94. The van der Waals surface area contributed by atoms with Gasteiger partial charge in [-0.1, -0.05) is 0 Å². The van der Waals surface area contributed by atoms with Crippen molar-refractivity contribution in [3.05, 3.63) is 46.6 Å². The van der Waals surface area contributed by atoms with Crippen LogP contribution >= 0.6 is 0 Å². The lowest BCUT2D eigenvalue weighted by molar-refractivity contribution is 0.356. The zero-order chi connectivity index (χ0) is 19.1. The van der Waals surface area contributed by atoms with Gasteiger partial charge >= 0.3 is 0 Å². The molecule has 1 heterocycles. The SMILES string of the molecule is COc1cc2cc3c(ccc4c(OC)c(OC)c(=O)cc43)[nH]c2cc1OC. The van der Waals surface area contributed by atoms with Crippen molar-refractivity contribution in [2.45, 2.75) is 0 Å². The summed E-state index contributed by atoms with van der Waals surface area (Å²) in [6.45, 7) is 0. The van der Waals surface area contributed by atoms with Crippen LogP contribution in [0.2, 0.25) is 0 Å². The summed E-state index contributed by atoms with van der Waals surface area (Å²) in [5, 5.41) is 3.46. The predicted octanol–water partition coefficient (Wildman–Crippen LogP) is 3.87. The lowest BCUT2D eigenvalue weighted by atomic mass is 10.0. The summed E-state index contributed by atoms with van der Waals surface area (Å²) in [6, 6.07) is 11.3. The van der Waals surface area contributed by atoms with E-state index in [0.29, 0.717) is 17.2 Å². The maximum atomic E-state index is 12.5. The number of nitrogens with one attached hydrogen (secondary N) is 1. The fourth-order valence-electron chi connectivity index (χ4n) is 3.50. The Morgan fingerprint density at radius 2 is 1.37 bits per heavy atom. The minimum absolute atomic E-state index is 0.209. The standard InChI is InChI=1S/C21H19NO5/c1-24-18-8-11-7-14-13-9-17(23)21(27-4)20(26-3)12(13)5-6-15(14)22-16(11)10-19(18)25-2/h5-10,22H,1-4H3. The Morgan fingerprint density at radius 3 is 2.04 bits per heavy atom. The first-order valence-corrected chi connectivity index (χ1v) is 8.37. The van der Waals surface area contributed by atoms with E-state index in [0.717, 1.165) is 32.6 Å². The van der Waals surface area contributed by atoms with Gasteiger partial charge in [0.1, 0.15) is 0 Å². The number of benzene rings is 3. The van der Waals surface area contributed by atoms with E-state index in [1.165, 1.54) is 14.2 Å². The van der Waals surface area contributed by atoms with Crippen molar-refractivity contribution in [2.24, 2.45) is 0 Å². The molecule has 1 N–H and O–H groups in total. The smallest absolute Gasteiger partial charge is 0.224 e. The molecule has 138 valence electrons. The third-order valence-corrected chi connectivity index (χ3v) is 4.77.